The topological polar surface area (TPSA) is 62.7 Å². The molecular weight excluding hydrogens is 280 g/mol. The van der Waals surface area contributed by atoms with Gasteiger partial charge >= 0.3 is 5.97 Å². The first-order chi connectivity index (χ1) is 9.61. The maximum Gasteiger partial charge on any atom is 0.337 e. The molecule has 1 aliphatic heterocycles. The van der Waals surface area contributed by atoms with Gasteiger partial charge in [-0.3, -0.25) is 0 Å². The van der Waals surface area contributed by atoms with Gasteiger partial charge in [0.2, 0.25) is 0 Å². The van der Waals surface area contributed by atoms with Crippen molar-refractivity contribution in [3.8, 4) is 0 Å². The van der Waals surface area contributed by atoms with E-state index in [1.165, 1.54) is 12.3 Å². The summed E-state index contributed by atoms with van der Waals surface area (Å²) in [6.45, 7) is 4.45. The lowest BCUT2D eigenvalue weighted by atomic mass is 10.1. The predicted octanol–water partition coefficient (Wildman–Crippen LogP) is 2.83. The highest BCUT2D eigenvalue weighted by molar-refractivity contribution is 6.33. The molecule has 1 aliphatic rings. The van der Waals surface area contributed by atoms with Gasteiger partial charge in [0.15, 0.2) is 0 Å². The van der Waals surface area contributed by atoms with Crippen LogP contribution in [-0.4, -0.2) is 41.9 Å². The van der Waals surface area contributed by atoms with Crippen LogP contribution in [0.1, 0.15) is 36.5 Å². The average Bonchev–Trinajstić information content (AvgIpc) is 2.45. The molecule has 2 heterocycles. The molecule has 1 atom stereocenters. The number of anilines is 1. The van der Waals surface area contributed by atoms with Gasteiger partial charge in [-0.2, -0.15) is 0 Å². The summed E-state index contributed by atoms with van der Waals surface area (Å²) in [4.78, 5) is 17.4. The van der Waals surface area contributed by atoms with Crippen molar-refractivity contribution >= 4 is 23.4 Å². The summed E-state index contributed by atoms with van der Waals surface area (Å²) in [6, 6.07) is 1.53. The van der Waals surface area contributed by atoms with E-state index in [0.29, 0.717) is 5.82 Å². The number of carbonyl (C=O) groups is 1. The smallest absolute Gasteiger partial charge is 0.337 e. The minimum atomic E-state index is -1.03. The molecular formula is C14H19ClN2O3. The van der Waals surface area contributed by atoms with Crippen molar-refractivity contribution in [1.82, 2.24) is 4.98 Å². The largest absolute Gasteiger partial charge is 0.478 e. The first-order valence-electron chi connectivity index (χ1n) is 6.87. The van der Waals surface area contributed by atoms with Gasteiger partial charge in [-0.05, 0) is 25.3 Å². The highest BCUT2D eigenvalue weighted by Crippen LogP contribution is 2.24. The van der Waals surface area contributed by atoms with E-state index in [9.17, 15) is 4.79 Å². The Bertz CT molecular complexity index is 481. The average molecular weight is 299 g/mol. The fourth-order valence-corrected chi connectivity index (χ4v) is 2.52. The van der Waals surface area contributed by atoms with Crippen LogP contribution in [-0.2, 0) is 4.74 Å². The molecule has 1 saturated heterocycles. The molecule has 6 heteroatoms. The van der Waals surface area contributed by atoms with Crippen molar-refractivity contribution in [2.75, 3.05) is 24.6 Å². The normalized spacial score (nSPS) is 19.1. The summed E-state index contributed by atoms with van der Waals surface area (Å²) < 4.78 is 5.77. The van der Waals surface area contributed by atoms with Gasteiger partial charge in [0.25, 0.3) is 0 Å². The number of piperidine rings is 1. The summed E-state index contributed by atoms with van der Waals surface area (Å²) >= 11 is 5.84. The number of ether oxygens (including phenoxy) is 1. The molecule has 0 spiro atoms. The minimum absolute atomic E-state index is 0.0910. The van der Waals surface area contributed by atoms with Gasteiger partial charge < -0.3 is 14.7 Å². The number of rotatable bonds is 5. The Labute approximate surface area is 123 Å². The number of carboxylic acid groups (broad SMARTS) is 1. The van der Waals surface area contributed by atoms with Crippen molar-refractivity contribution < 1.29 is 14.6 Å². The maximum absolute atomic E-state index is 11.1. The number of halogens is 1. The third kappa shape index (κ3) is 3.61. The zero-order valence-electron chi connectivity index (χ0n) is 11.5. The molecule has 1 aromatic rings. The third-order valence-corrected chi connectivity index (χ3v) is 3.63. The Hall–Kier alpha value is -1.33. The third-order valence-electron chi connectivity index (χ3n) is 3.33. The van der Waals surface area contributed by atoms with Gasteiger partial charge in [0.05, 0.1) is 16.7 Å². The molecule has 0 aromatic carbocycles. The van der Waals surface area contributed by atoms with Crippen molar-refractivity contribution in [3.63, 3.8) is 0 Å². The molecule has 0 bridgehead atoms. The Kier molecular flexibility index (Phi) is 5.20. The second-order valence-corrected chi connectivity index (χ2v) is 5.32. The van der Waals surface area contributed by atoms with E-state index in [1.54, 1.807) is 0 Å². The van der Waals surface area contributed by atoms with Crippen LogP contribution in [0.3, 0.4) is 0 Å². The summed E-state index contributed by atoms with van der Waals surface area (Å²) in [6.07, 6.45) is 4.64. The van der Waals surface area contributed by atoms with Crippen molar-refractivity contribution in [3.05, 3.63) is 22.8 Å². The van der Waals surface area contributed by atoms with Gasteiger partial charge in [-0.15, -0.1) is 0 Å². The standard InChI is InChI=1S/C14H19ClN2O3/c1-2-6-20-10-4-3-5-17(9-10)13-7-11(14(18)19)12(15)8-16-13/h7-8,10H,2-6,9H2,1H3,(H,18,19). The molecule has 0 aliphatic carbocycles. The lowest BCUT2D eigenvalue weighted by Gasteiger charge is -2.33. The second-order valence-electron chi connectivity index (χ2n) is 4.91. The Morgan fingerprint density at radius 2 is 2.45 bits per heavy atom. The van der Waals surface area contributed by atoms with Crippen LogP contribution in [0.25, 0.3) is 0 Å². The SMILES string of the molecule is CCCOC1CCCN(c2cc(C(=O)O)c(Cl)cn2)C1. The highest BCUT2D eigenvalue weighted by Gasteiger charge is 2.22. The van der Waals surface area contributed by atoms with Gasteiger partial charge in [0, 0.05) is 25.9 Å². The van der Waals surface area contributed by atoms with E-state index < -0.39 is 5.97 Å². The van der Waals surface area contributed by atoms with E-state index in [1.807, 2.05) is 0 Å². The zero-order valence-corrected chi connectivity index (χ0v) is 12.3. The van der Waals surface area contributed by atoms with E-state index in [0.717, 1.165) is 39.0 Å². The van der Waals surface area contributed by atoms with Crippen LogP contribution in [0.15, 0.2) is 12.3 Å². The molecule has 20 heavy (non-hydrogen) atoms. The van der Waals surface area contributed by atoms with Gasteiger partial charge in [-0.1, -0.05) is 18.5 Å². The summed E-state index contributed by atoms with van der Waals surface area (Å²) in [5.41, 5.74) is 0.0910. The number of aromatic nitrogens is 1. The first-order valence-corrected chi connectivity index (χ1v) is 7.25. The summed E-state index contributed by atoms with van der Waals surface area (Å²) in [7, 11) is 0. The molecule has 1 unspecified atom stereocenters. The molecule has 0 radical (unpaired) electrons. The van der Waals surface area contributed by atoms with Crippen LogP contribution < -0.4 is 4.90 Å². The molecule has 1 fully saturated rings. The Morgan fingerprint density at radius 1 is 1.65 bits per heavy atom. The number of hydrogen-bond acceptors (Lipinski definition) is 4. The van der Waals surface area contributed by atoms with Crippen molar-refractivity contribution in [1.29, 1.82) is 0 Å². The lowest BCUT2D eigenvalue weighted by Crippen LogP contribution is -2.40. The molecule has 110 valence electrons. The van der Waals surface area contributed by atoms with E-state index >= 15 is 0 Å². The van der Waals surface area contributed by atoms with Crippen molar-refractivity contribution in [2.45, 2.75) is 32.3 Å². The first kappa shape index (κ1) is 15.1. The Morgan fingerprint density at radius 3 is 3.15 bits per heavy atom. The monoisotopic (exact) mass is 298 g/mol. The molecule has 2 rings (SSSR count). The van der Waals surface area contributed by atoms with Crippen LogP contribution in [0.2, 0.25) is 5.02 Å². The number of pyridine rings is 1. The molecule has 1 N–H and O–H groups in total. The lowest BCUT2D eigenvalue weighted by molar-refractivity contribution is 0.0439. The van der Waals surface area contributed by atoms with E-state index in [2.05, 4.69) is 16.8 Å². The quantitative estimate of drug-likeness (QED) is 0.905. The molecule has 0 amide bonds. The fourth-order valence-electron chi connectivity index (χ4n) is 2.33. The zero-order chi connectivity index (χ0) is 14.5. The van der Waals surface area contributed by atoms with Crippen molar-refractivity contribution in [2.24, 2.45) is 0 Å². The van der Waals surface area contributed by atoms with Crippen LogP contribution in [0.5, 0.6) is 0 Å². The minimum Gasteiger partial charge on any atom is -0.478 e. The number of aromatic carboxylic acids is 1. The van der Waals surface area contributed by atoms with Gasteiger partial charge in [-0.25, -0.2) is 9.78 Å². The number of carboxylic acids is 1. The summed E-state index contributed by atoms with van der Waals surface area (Å²) in [5, 5.41) is 9.27. The van der Waals surface area contributed by atoms with E-state index in [-0.39, 0.29) is 16.7 Å². The molecule has 5 nitrogen and oxygen atoms in total. The molecule has 1 aromatic heterocycles. The maximum atomic E-state index is 11.1. The van der Waals surface area contributed by atoms with Crippen LogP contribution >= 0.6 is 11.6 Å². The van der Waals surface area contributed by atoms with Gasteiger partial charge in [0.1, 0.15) is 5.82 Å². The second kappa shape index (κ2) is 6.90. The number of nitrogens with zero attached hydrogens (tertiary/aromatic N) is 2. The van der Waals surface area contributed by atoms with Crippen LogP contribution in [0.4, 0.5) is 5.82 Å². The molecule has 0 saturated carbocycles. The predicted molar refractivity (Wildman–Crippen MR) is 77.7 cm³/mol. The number of hydrogen-bond donors (Lipinski definition) is 1. The highest BCUT2D eigenvalue weighted by atomic mass is 35.5. The Balaban J connectivity index is 2.10. The van der Waals surface area contributed by atoms with Crippen LogP contribution in [0, 0.1) is 0 Å². The summed E-state index contributed by atoms with van der Waals surface area (Å²) in [5.74, 6) is -0.383. The fraction of sp³-hybridized carbons (Fsp3) is 0.571. The van der Waals surface area contributed by atoms with E-state index in [4.69, 9.17) is 21.4 Å².